The van der Waals surface area contributed by atoms with Crippen molar-refractivity contribution in [2.45, 2.75) is 45.2 Å². The van der Waals surface area contributed by atoms with Gasteiger partial charge in [-0.25, -0.2) is 0 Å². The molecule has 0 aliphatic carbocycles. The third-order valence-corrected chi connectivity index (χ3v) is 25.8. The van der Waals surface area contributed by atoms with Crippen LogP contribution in [0.5, 0.6) is 46.0 Å². The van der Waals surface area contributed by atoms with E-state index in [1.165, 1.54) is 0 Å². The Morgan fingerprint density at radius 2 is 0.667 bits per heavy atom. The average molecular weight is 1310 g/mol. The number of benzene rings is 12. The Morgan fingerprint density at radius 3 is 1.07 bits per heavy atom. The van der Waals surface area contributed by atoms with E-state index < -0.39 is 21.9 Å². The number of fused-ring (bicyclic) bond motifs is 9. The lowest BCUT2D eigenvalue weighted by Crippen LogP contribution is -2.25. The zero-order valence-electron chi connectivity index (χ0n) is 53.2. The van der Waals surface area contributed by atoms with Crippen LogP contribution in [0, 0.1) is 0 Å². The Morgan fingerprint density at radius 1 is 0.344 bits per heavy atom. The molecule has 12 aromatic rings. The minimum atomic E-state index is -3.60. The van der Waals surface area contributed by atoms with Crippen molar-refractivity contribution in [1.29, 1.82) is 0 Å². The van der Waals surface area contributed by atoms with Gasteiger partial charge in [0.1, 0.15) is 53.1 Å². The molecule has 0 N–H and O–H groups in total. The first-order chi connectivity index (χ1) is 47.0. The third kappa shape index (κ3) is 12.0. The molecule has 0 radical (unpaired) electrons. The van der Waals surface area contributed by atoms with E-state index in [1.54, 1.807) is 0 Å². The number of hydrogen-bond donors (Lipinski definition) is 0. The van der Waals surface area contributed by atoms with E-state index in [2.05, 4.69) is 81.3 Å². The predicted octanol–water partition coefficient (Wildman–Crippen LogP) is 20.4. The first-order valence-electron chi connectivity index (χ1n) is 32.2. The first-order valence-corrected chi connectivity index (χ1v) is 37.4. The van der Waals surface area contributed by atoms with Gasteiger partial charge < -0.3 is 27.8 Å². The molecule has 0 aromatic heterocycles. The van der Waals surface area contributed by atoms with Crippen LogP contribution in [0.25, 0.3) is 33.4 Å². The highest BCUT2D eigenvalue weighted by Crippen LogP contribution is 2.57. The molecule has 472 valence electrons. The molecule has 0 fully saturated rings. The quantitative estimate of drug-likeness (QED) is 0.0619. The van der Waals surface area contributed by atoms with Gasteiger partial charge in [-0.1, -0.05) is 201 Å². The molecular weight excluding hydrogens is 1240 g/mol. The molecular formula is C85H69O8P3. The molecule has 3 heterocycles. The molecule has 15 rings (SSSR count). The average Bonchev–Trinajstić information content (AvgIpc) is 0.757. The van der Waals surface area contributed by atoms with Gasteiger partial charge in [0.15, 0.2) is 0 Å². The molecule has 0 saturated heterocycles. The van der Waals surface area contributed by atoms with E-state index >= 15 is 13.7 Å². The second-order valence-corrected chi connectivity index (χ2v) is 31.3. The van der Waals surface area contributed by atoms with Crippen LogP contribution in [0.3, 0.4) is 0 Å². The normalized spacial score (nSPS) is 16.7. The molecule has 96 heavy (non-hydrogen) atoms. The van der Waals surface area contributed by atoms with Gasteiger partial charge in [0, 0.05) is 40.7 Å². The number of hydrogen-bond acceptors (Lipinski definition) is 8. The summed E-state index contributed by atoms with van der Waals surface area (Å²) >= 11 is 0. The fourth-order valence-corrected chi connectivity index (χ4v) is 20.6. The van der Waals surface area contributed by atoms with E-state index in [-0.39, 0.29) is 0 Å². The summed E-state index contributed by atoms with van der Waals surface area (Å²) in [5, 5.41) is 4.03. The van der Waals surface area contributed by atoms with Crippen molar-refractivity contribution in [1.82, 2.24) is 0 Å². The van der Waals surface area contributed by atoms with Gasteiger partial charge >= 0.3 is 14.7 Å². The van der Waals surface area contributed by atoms with Crippen LogP contribution < -0.4 is 55.1 Å². The molecule has 3 unspecified atom stereocenters. The van der Waals surface area contributed by atoms with E-state index in [1.807, 2.05) is 237 Å². The number of rotatable bonds is 18. The van der Waals surface area contributed by atoms with Gasteiger partial charge in [0.25, 0.3) is 0 Å². The van der Waals surface area contributed by atoms with Crippen molar-refractivity contribution in [2.75, 3.05) is 0 Å². The molecule has 3 atom stereocenters. The van der Waals surface area contributed by atoms with E-state index in [0.717, 1.165) is 89.4 Å². The van der Waals surface area contributed by atoms with Crippen LogP contribution in [-0.4, -0.2) is 0 Å². The summed E-state index contributed by atoms with van der Waals surface area (Å²) < 4.78 is 79.9. The zero-order chi connectivity index (χ0) is 65.8. The lowest BCUT2D eigenvalue weighted by Gasteiger charge is -2.29. The Labute approximate surface area is 561 Å². The summed E-state index contributed by atoms with van der Waals surface area (Å²) in [5.41, 5.74) is 12.2. The van der Waals surface area contributed by atoms with Gasteiger partial charge in [0.2, 0.25) is 0 Å². The Bertz CT molecular complexity index is 4880. The van der Waals surface area contributed by atoms with E-state index in [9.17, 15) is 0 Å². The minimum Gasteiger partial charge on any atom is -0.457 e. The second kappa shape index (κ2) is 27.1. The summed E-state index contributed by atoms with van der Waals surface area (Å²) in [4.78, 5) is 0. The fourth-order valence-electron chi connectivity index (χ4n) is 13.1. The van der Waals surface area contributed by atoms with Crippen LogP contribution in [0.15, 0.2) is 311 Å². The largest absolute Gasteiger partial charge is 0.457 e. The maximum Gasteiger partial charge on any atom is 0.307 e. The molecule has 8 nitrogen and oxygen atoms in total. The highest BCUT2D eigenvalue weighted by atomic mass is 31.2. The van der Waals surface area contributed by atoms with Crippen LogP contribution in [0.2, 0.25) is 0 Å². The van der Waals surface area contributed by atoms with E-state index in [4.69, 9.17) is 23.3 Å². The van der Waals surface area contributed by atoms with Gasteiger partial charge in [-0.3, -0.25) is 9.13 Å². The Balaban J connectivity index is 0.00000193. The molecule has 0 spiro atoms. The zero-order valence-corrected chi connectivity index (χ0v) is 55.9. The topological polar surface area (TPSA) is 97.4 Å². The molecule has 11 heteroatoms. The Kier molecular flexibility index (Phi) is 17.8. The number of para-hydroxylation sites is 5. The van der Waals surface area contributed by atoms with E-state index in [0.29, 0.717) is 99.1 Å². The monoisotopic (exact) mass is 1310 g/mol. The van der Waals surface area contributed by atoms with Crippen molar-refractivity contribution < 1.29 is 37.0 Å². The van der Waals surface area contributed by atoms with Crippen LogP contribution in [0.1, 0.15) is 52.3 Å². The summed E-state index contributed by atoms with van der Waals surface area (Å²) in [6.45, 7) is 13.8. The smallest absolute Gasteiger partial charge is 0.307 e. The van der Waals surface area contributed by atoms with Gasteiger partial charge in [-0.2, -0.15) is 0 Å². The Hall–Kier alpha value is -10.5. The molecule has 12 aromatic carbocycles. The highest BCUT2D eigenvalue weighted by molar-refractivity contribution is 7.78. The second-order valence-electron chi connectivity index (χ2n) is 23.9. The van der Waals surface area contributed by atoms with Crippen LogP contribution in [-0.2, 0) is 45.5 Å². The van der Waals surface area contributed by atoms with Crippen molar-refractivity contribution in [3.05, 3.63) is 350 Å². The SMILES string of the molecule is C=CCC.C=CCc1cccc(Cc2cccc(Cc3cccc(CC=C)c3Oc3ccc(P4(=O)Oc5ccccc5-c5ccccc54)cc3)c2Oc2ccc(P3(=O)Oc4ccccc4-c4ccccc43)cc2)c1Oc1ccc(P2(=O)Cc3ccccc3-c3ccccc32)cc1. The lowest BCUT2D eigenvalue weighted by molar-refractivity contribution is 0.463. The fraction of sp³-hybridized carbons (Fsp3) is 0.0824. The third-order valence-electron chi connectivity index (χ3n) is 17.8. The highest BCUT2D eigenvalue weighted by Gasteiger charge is 2.40. The van der Waals surface area contributed by atoms with Crippen molar-refractivity contribution >= 4 is 53.7 Å². The van der Waals surface area contributed by atoms with Crippen LogP contribution in [0.4, 0.5) is 0 Å². The van der Waals surface area contributed by atoms with Crippen LogP contribution >= 0.6 is 21.9 Å². The van der Waals surface area contributed by atoms with Crippen molar-refractivity contribution in [2.24, 2.45) is 0 Å². The number of ether oxygens (including phenoxy) is 3. The van der Waals surface area contributed by atoms with Gasteiger partial charge in [0.05, 0.1) is 21.2 Å². The molecule has 0 saturated carbocycles. The number of allylic oxidation sites excluding steroid dienone is 3. The van der Waals surface area contributed by atoms with Gasteiger partial charge in [-0.05, 0) is 178 Å². The summed E-state index contributed by atoms with van der Waals surface area (Å²) in [6, 6.07) is 88.3. The van der Waals surface area contributed by atoms with Gasteiger partial charge in [-0.15, -0.1) is 19.7 Å². The summed E-state index contributed by atoms with van der Waals surface area (Å²) in [7, 11) is -10.2. The maximum atomic E-state index is 15.4. The van der Waals surface area contributed by atoms with Crippen molar-refractivity contribution in [3.63, 3.8) is 0 Å². The van der Waals surface area contributed by atoms with Crippen molar-refractivity contribution in [3.8, 4) is 79.4 Å². The minimum absolute atomic E-state index is 0.393. The summed E-state index contributed by atoms with van der Waals surface area (Å²) in [6.07, 6.45) is 9.02. The molecule has 3 aliphatic heterocycles. The standard InChI is InChI=1S/C81H61O8P3.C4H8/c1-3-20-55-23-17-25-57(79(55)85-62-40-46-65(47-41-62)90(82)54-61-22-5-6-29-68(61)71-32-9-14-37-76(71)90)52-59-27-19-28-60(81(59)87-64-44-50-67(51-45-64)92(84)78-39-16-11-34-73(78)70-31-8-13-36-75(70)89-92)53-58-26-18-24-56(21-4-2)80(58)86-63-42-48-66(49-43-63)91(83)77-38-15-10-33-72(77)69-30-7-12-35-74(69)88-91;1-3-4-2/h3-19,22-51H,1-2,20-21,52-54H2;3H,1,4H2,2H3. The predicted molar refractivity (Wildman–Crippen MR) is 394 cm³/mol. The maximum absolute atomic E-state index is 15.4. The summed E-state index contributed by atoms with van der Waals surface area (Å²) in [5.74, 6) is 4.84. The molecule has 0 bridgehead atoms. The first kappa shape index (κ1) is 63.0. The molecule has 0 amide bonds. The molecule has 3 aliphatic rings. The lowest BCUT2D eigenvalue weighted by atomic mass is 9.94.